The van der Waals surface area contributed by atoms with Gasteiger partial charge in [-0.15, -0.1) is 0 Å². The van der Waals surface area contributed by atoms with Gasteiger partial charge in [-0.2, -0.15) is 0 Å². The molecule has 1 N–H and O–H groups in total. The second kappa shape index (κ2) is 5.50. The fourth-order valence-corrected chi connectivity index (χ4v) is 2.98. The number of nitrogens with zero attached hydrogens (tertiary/aromatic N) is 1. The predicted molar refractivity (Wildman–Crippen MR) is 81.4 cm³/mol. The second-order valence-corrected chi connectivity index (χ2v) is 7.05. The fraction of sp³-hybridized carbons (Fsp3) is 0.800. The lowest BCUT2D eigenvalue weighted by Crippen LogP contribution is -2.42. The molecular weight excluding hydrogens is 219 g/mol. The molecule has 0 amide bonds. The monoisotopic (exact) mass is 246 g/mol. The summed E-state index contributed by atoms with van der Waals surface area (Å²) in [5, 5.41) is 3.55. The van der Waals surface area contributed by atoms with E-state index >= 15 is 0 Å². The predicted octanol–water partition coefficient (Wildman–Crippen LogP) is 3.38. The van der Waals surface area contributed by atoms with Crippen molar-refractivity contribution in [2.45, 2.75) is 71.8 Å². The molecule has 0 bridgehead atoms. The molecule has 2 aliphatic rings. The van der Waals surface area contributed by atoms with E-state index in [1.807, 2.05) is 0 Å². The Hall–Kier alpha value is -0.725. The second-order valence-electron chi connectivity index (χ2n) is 7.05. The van der Waals surface area contributed by atoms with E-state index in [1.54, 1.807) is 5.47 Å². The number of allylic oxidation sites excluding steroid dienone is 2. The molecule has 0 aromatic carbocycles. The van der Waals surface area contributed by atoms with Crippen molar-refractivity contribution in [3.05, 3.63) is 11.2 Å². The van der Waals surface area contributed by atoms with Crippen LogP contribution in [-0.2, 0) is 0 Å². The van der Waals surface area contributed by atoms with E-state index in [2.05, 4.69) is 33.0 Å². The van der Waals surface area contributed by atoms with Crippen LogP contribution >= 0.6 is 0 Å². The third-order valence-corrected chi connectivity index (χ3v) is 3.86. The van der Waals surface area contributed by atoms with Gasteiger partial charge < -0.3 is 5.32 Å². The van der Waals surface area contributed by atoms with Gasteiger partial charge in [0.15, 0.2) is 0 Å². The molecule has 0 radical (unpaired) electrons. The third-order valence-electron chi connectivity index (χ3n) is 3.86. The molecule has 1 atom stereocenters. The van der Waals surface area contributed by atoms with Crippen LogP contribution in [0.5, 0.6) is 0 Å². The fourth-order valence-electron chi connectivity index (χ4n) is 2.98. The van der Waals surface area contributed by atoms with Crippen LogP contribution in [0.15, 0.2) is 16.2 Å². The molecule has 0 aromatic heterocycles. The lowest BCUT2D eigenvalue weighted by atomic mass is 9.66. The molecule has 100 valence electrons. The van der Waals surface area contributed by atoms with Gasteiger partial charge in [-0.3, -0.25) is 4.99 Å². The number of amidine groups is 1. The Morgan fingerprint density at radius 1 is 1.17 bits per heavy atom. The average molecular weight is 246 g/mol. The van der Waals surface area contributed by atoms with E-state index in [-0.39, 0.29) is 5.54 Å². The van der Waals surface area contributed by atoms with Crippen molar-refractivity contribution < 1.29 is 0 Å². The van der Waals surface area contributed by atoms with Crippen molar-refractivity contribution >= 4 is 13.0 Å². The molecule has 0 fully saturated rings. The van der Waals surface area contributed by atoms with Gasteiger partial charge in [-0.25, -0.2) is 0 Å². The van der Waals surface area contributed by atoms with Crippen molar-refractivity contribution in [2.75, 3.05) is 0 Å². The van der Waals surface area contributed by atoms with Crippen LogP contribution in [0, 0.1) is 5.92 Å². The Morgan fingerprint density at radius 2 is 1.83 bits per heavy atom. The van der Waals surface area contributed by atoms with Gasteiger partial charge in [0.1, 0.15) is 0 Å². The zero-order chi connectivity index (χ0) is 13.2. The van der Waals surface area contributed by atoms with Gasteiger partial charge in [0.05, 0.1) is 5.73 Å². The topological polar surface area (TPSA) is 24.4 Å². The first-order valence-electron chi connectivity index (χ1n) is 7.51. The minimum Gasteiger partial charge on any atom is -0.377 e. The minimum absolute atomic E-state index is 0.130. The van der Waals surface area contributed by atoms with Crippen molar-refractivity contribution in [1.82, 2.24) is 5.32 Å². The summed E-state index contributed by atoms with van der Waals surface area (Å²) in [4.78, 5) is 4.85. The Labute approximate surface area is 113 Å². The summed E-state index contributed by atoms with van der Waals surface area (Å²) in [6, 6.07) is 0. The first-order valence-corrected chi connectivity index (χ1v) is 7.51. The highest BCUT2D eigenvalue weighted by Gasteiger charge is 2.23. The normalized spacial score (nSPS) is 25.6. The molecule has 1 heterocycles. The molecule has 0 saturated heterocycles. The van der Waals surface area contributed by atoms with Gasteiger partial charge in [0.25, 0.3) is 0 Å². The molecule has 1 unspecified atom stereocenters. The van der Waals surface area contributed by atoms with Crippen LogP contribution < -0.4 is 5.32 Å². The maximum Gasteiger partial charge on any atom is 0.234 e. The molecule has 2 nitrogen and oxygen atoms in total. The number of aliphatic imine (C=N–C) groups is 1. The molecule has 18 heavy (non-hydrogen) atoms. The molecule has 3 heteroatoms. The average Bonchev–Trinajstić information content (AvgIpc) is 2.59. The van der Waals surface area contributed by atoms with Crippen LogP contribution in [0.4, 0.5) is 0 Å². The van der Waals surface area contributed by atoms with E-state index < -0.39 is 0 Å². The highest BCUT2D eigenvalue weighted by molar-refractivity contribution is 6.81. The Morgan fingerprint density at radius 3 is 2.50 bits per heavy atom. The molecule has 1 aliphatic heterocycles. The van der Waals surface area contributed by atoms with E-state index in [0.717, 1.165) is 13.2 Å². The molecule has 1 aliphatic carbocycles. The maximum atomic E-state index is 4.85. The highest BCUT2D eigenvalue weighted by atomic mass is 15.0. The highest BCUT2D eigenvalue weighted by Crippen LogP contribution is 2.28. The lowest BCUT2D eigenvalue weighted by molar-refractivity contribution is 0.466. The minimum atomic E-state index is 0.130. The SMILES string of the molecule is CC1CCCC2=C(CCC1)N=C(NC(C)(C)C)B2. The van der Waals surface area contributed by atoms with Crippen molar-refractivity contribution in [2.24, 2.45) is 10.9 Å². The van der Waals surface area contributed by atoms with Crippen molar-refractivity contribution in [3.63, 3.8) is 0 Å². The third kappa shape index (κ3) is 3.89. The summed E-state index contributed by atoms with van der Waals surface area (Å²) < 4.78 is 0. The number of hydrogen-bond acceptors (Lipinski definition) is 2. The zero-order valence-electron chi connectivity index (χ0n) is 12.5. The summed E-state index contributed by atoms with van der Waals surface area (Å²) in [5.41, 5.74) is 4.33. The number of hydrogen-bond donors (Lipinski definition) is 1. The van der Waals surface area contributed by atoms with Crippen LogP contribution in [0.25, 0.3) is 0 Å². The van der Waals surface area contributed by atoms with Crippen LogP contribution in [0.3, 0.4) is 0 Å². The van der Waals surface area contributed by atoms with Gasteiger partial charge in [-0.05, 0) is 46.0 Å². The van der Waals surface area contributed by atoms with E-state index in [4.69, 9.17) is 4.99 Å². The Bertz CT molecular complexity index is 363. The maximum absolute atomic E-state index is 4.85. The molecule has 0 aromatic rings. The van der Waals surface area contributed by atoms with E-state index in [0.29, 0.717) is 0 Å². The Balaban J connectivity index is 1.99. The molecule has 0 saturated carbocycles. The van der Waals surface area contributed by atoms with Crippen LogP contribution in [0.1, 0.15) is 66.2 Å². The number of nitrogens with one attached hydrogen (secondary N) is 1. The van der Waals surface area contributed by atoms with Crippen molar-refractivity contribution in [3.8, 4) is 0 Å². The smallest absolute Gasteiger partial charge is 0.234 e. The first kappa shape index (κ1) is 13.7. The van der Waals surface area contributed by atoms with Gasteiger partial charge in [0.2, 0.25) is 7.28 Å². The first-order chi connectivity index (χ1) is 8.44. The summed E-state index contributed by atoms with van der Waals surface area (Å²) >= 11 is 0. The zero-order valence-corrected chi connectivity index (χ0v) is 12.5. The van der Waals surface area contributed by atoms with Gasteiger partial charge in [0, 0.05) is 11.2 Å². The quantitative estimate of drug-likeness (QED) is 0.651. The largest absolute Gasteiger partial charge is 0.377 e. The van der Waals surface area contributed by atoms with E-state index in [9.17, 15) is 0 Å². The number of rotatable bonds is 0. The van der Waals surface area contributed by atoms with Crippen molar-refractivity contribution in [1.29, 1.82) is 0 Å². The van der Waals surface area contributed by atoms with Gasteiger partial charge in [-0.1, -0.05) is 31.7 Å². The molecular formula is C15H27BN2. The standard InChI is InChI=1S/C15H27BN2/c1-11-7-5-9-12-13(10-6-8-11)17-14(16-12)18-15(2,3)4/h11,16H,5-10H2,1-4H3,(H,17,18). The van der Waals surface area contributed by atoms with Crippen LogP contribution in [0.2, 0.25) is 0 Å². The Kier molecular flexibility index (Phi) is 4.19. The van der Waals surface area contributed by atoms with Gasteiger partial charge >= 0.3 is 0 Å². The molecule has 2 rings (SSSR count). The summed E-state index contributed by atoms with van der Waals surface area (Å²) in [6.07, 6.45) is 7.87. The molecule has 0 spiro atoms. The van der Waals surface area contributed by atoms with Crippen LogP contribution in [-0.4, -0.2) is 18.6 Å². The summed E-state index contributed by atoms with van der Waals surface area (Å²) in [5.74, 6) is 0.904. The summed E-state index contributed by atoms with van der Waals surface area (Å²) in [7, 11) is 1.07. The summed E-state index contributed by atoms with van der Waals surface area (Å²) in [6.45, 7) is 9.01. The lowest BCUT2D eigenvalue weighted by Gasteiger charge is -2.22. The van der Waals surface area contributed by atoms with E-state index in [1.165, 1.54) is 50.0 Å².